The molecule has 1 aliphatic carbocycles. The number of hydrogen-bond donors (Lipinski definition) is 4. The molecule has 9 nitrogen and oxygen atoms in total. The Morgan fingerprint density at radius 1 is 0.705 bits per heavy atom. The number of carbonyl (C=O) groups excluding carboxylic acids is 3. The van der Waals surface area contributed by atoms with Crippen LogP contribution in [0.2, 0.25) is 0 Å². The van der Waals surface area contributed by atoms with E-state index in [4.69, 9.17) is 4.74 Å². The molecule has 44 heavy (non-hydrogen) atoms. The van der Waals surface area contributed by atoms with Crippen LogP contribution in [0.1, 0.15) is 41.5 Å². The summed E-state index contributed by atoms with van der Waals surface area (Å²) in [6.07, 6.45) is -1.00. The van der Waals surface area contributed by atoms with E-state index in [1.54, 1.807) is 12.1 Å². The second-order valence-corrected chi connectivity index (χ2v) is 10.5. The van der Waals surface area contributed by atoms with Crippen molar-refractivity contribution in [3.63, 3.8) is 0 Å². The standard InChI is InChI=1S/C35H33N3O6/c39-32(18-19-36-35(43)44-22-30-28-12-6-4-10-26(28)27-11-5-7-13-29(27)30)37-21-33(40)38-31(20-34(41)42)25-16-14-24(15-17-25)23-8-2-1-3-9-23/h1-17,30-31H,18-22H2,(H,36,43)(H,37,39)(H,38,40)(H,41,42). The summed E-state index contributed by atoms with van der Waals surface area (Å²) >= 11 is 0. The van der Waals surface area contributed by atoms with Gasteiger partial charge < -0.3 is 25.8 Å². The third kappa shape index (κ3) is 7.49. The first-order valence-corrected chi connectivity index (χ1v) is 14.4. The lowest BCUT2D eigenvalue weighted by Gasteiger charge is -2.18. The molecule has 5 rings (SSSR count). The maximum absolute atomic E-state index is 12.6. The number of fused-ring (bicyclic) bond motifs is 3. The molecule has 1 atom stereocenters. The number of carboxylic acid groups (broad SMARTS) is 1. The number of amides is 3. The van der Waals surface area contributed by atoms with Crippen LogP contribution in [0, 0.1) is 0 Å². The van der Waals surface area contributed by atoms with Gasteiger partial charge in [-0.25, -0.2) is 4.79 Å². The Kier molecular flexibility index (Phi) is 9.66. The molecule has 0 aliphatic heterocycles. The minimum atomic E-state index is -1.06. The lowest BCUT2D eigenvalue weighted by molar-refractivity contribution is -0.138. The van der Waals surface area contributed by atoms with Crippen molar-refractivity contribution in [3.8, 4) is 22.3 Å². The van der Waals surface area contributed by atoms with Gasteiger partial charge in [-0.05, 0) is 38.9 Å². The predicted octanol–water partition coefficient (Wildman–Crippen LogP) is 5.03. The van der Waals surface area contributed by atoms with Gasteiger partial charge in [0.15, 0.2) is 0 Å². The lowest BCUT2D eigenvalue weighted by atomic mass is 9.98. The molecule has 4 N–H and O–H groups in total. The number of hydrogen-bond acceptors (Lipinski definition) is 5. The third-order valence-electron chi connectivity index (χ3n) is 7.55. The number of carboxylic acids is 1. The van der Waals surface area contributed by atoms with Crippen molar-refractivity contribution in [3.05, 3.63) is 120 Å². The van der Waals surface area contributed by atoms with Gasteiger partial charge in [0.05, 0.1) is 19.0 Å². The number of nitrogens with one attached hydrogen (secondary N) is 3. The van der Waals surface area contributed by atoms with E-state index in [1.807, 2.05) is 78.9 Å². The number of rotatable bonds is 12. The zero-order valence-electron chi connectivity index (χ0n) is 24.0. The summed E-state index contributed by atoms with van der Waals surface area (Å²) in [7, 11) is 0. The molecule has 224 valence electrons. The first-order chi connectivity index (χ1) is 21.4. The van der Waals surface area contributed by atoms with Crippen molar-refractivity contribution in [2.45, 2.75) is 24.8 Å². The molecule has 0 bridgehead atoms. The van der Waals surface area contributed by atoms with Crippen molar-refractivity contribution in [2.24, 2.45) is 0 Å². The fourth-order valence-electron chi connectivity index (χ4n) is 5.41. The fourth-order valence-corrected chi connectivity index (χ4v) is 5.41. The van der Waals surface area contributed by atoms with E-state index in [0.717, 1.165) is 33.4 Å². The van der Waals surface area contributed by atoms with Gasteiger partial charge >= 0.3 is 12.1 Å². The summed E-state index contributed by atoms with van der Waals surface area (Å²) in [4.78, 5) is 48.7. The highest BCUT2D eigenvalue weighted by Crippen LogP contribution is 2.44. The molecule has 3 amide bonds. The smallest absolute Gasteiger partial charge is 0.407 e. The average Bonchev–Trinajstić information content (AvgIpc) is 3.36. The second kappa shape index (κ2) is 14.2. The maximum Gasteiger partial charge on any atom is 0.407 e. The predicted molar refractivity (Wildman–Crippen MR) is 166 cm³/mol. The molecule has 1 unspecified atom stereocenters. The molecule has 0 saturated heterocycles. The molecular formula is C35H33N3O6. The highest BCUT2D eigenvalue weighted by atomic mass is 16.5. The van der Waals surface area contributed by atoms with E-state index in [9.17, 15) is 24.3 Å². The van der Waals surface area contributed by atoms with Crippen molar-refractivity contribution in [2.75, 3.05) is 19.7 Å². The number of benzene rings is 4. The van der Waals surface area contributed by atoms with E-state index >= 15 is 0 Å². The van der Waals surface area contributed by atoms with Gasteiger partial charge in [0.2, 0.25) is 11.8 Å². The Hall–Kier alpha value is -5.44. The summed E-state index contributed by atoms with van der Waals surface area (Å²) < 4.78 is 5.48. The van der Waals surface area contributed by atoms with Crippen LogP contribution in [-0.4, -0.2) is 48.7 Å². The van der Waals surface area contributed by atoms with Gasteiger partial charge in [0, 0.05) is 18.9 Å². The molecule has 0 spiro atoms. The molecule has 0 fully saturated rings. The van der Waals surface area contributed by atoms with Crippen molar-refractivity contribution in [1.82, 2.24) is 16.0 Å². The molecule has 0 heterocycles. The summed E-state index contributed by atoms with van der Waals surface area (Å²) in [5, 5.41) is 17.1. The van der Waals surface area contributed by atoms with Crippen LogP contribution in [0.3, 0.4) is 0 Å². The third-order valence-corrected chi connectivity index (χ3v) is 7.55. The molecule has 9 heteroatoms. The normalized spacial score (nSPS) is 12.4. The molecular weight excluding hydrogens is 558 g/mol. The molecule has 0 radical (unpaired) electrons. The maximum atomic E-state index is 12.6. The van der Waals surface area contributed by atoms with Crippen LogP contribution in [0.25, 0.3) is 22.3 Å². The van der Waals surface area contributed by atoms with Crippen molar-refractivity contribution < 1.29 is 29.0 Å². The van der Waals surface area contributed by atoms with Crippen molar-refractivity contribution in [1.29, 1.82) is 0 Å². The van der Waals surface area contributed by atoms with Gasteiger partial charge in [0.25, 0.3) is 0 Å². The Labute approximate surface area is 255 Å². The van der Waals surface area contributed by atoms with Crippen LogP contribution in [0.5, 0.6) is 0 Å². The number of alkyl carbamates (subject to hydrolysis) is 1. The Morgan fingerprint density at radius 2 is 1.30 bits per heavy atom. The fraction of sp³-hybridized carbons (Fsp3) is 0.200. The zero-order chi connectivity index (χ0) is 30.9. The highest BCUT2D eigenvalue weighted by Gasteiger charge is 2.29. The molecule has 0 saturated carbocycles. The van der Waals surface area contributed by atoms with Crippen LogP contribution >= 0.6 is 0 Å². The van der Waals surface area contributed by atoms with E-state index in [0.29, 0.717) is 5.56 Å². The second-order valence-electron chi connectivity index (χ2n) is 10.5. The molecule has 4 aromatic carbocycles. The first kappa shape index (κ1) is 30.0. The Bertz CT molecular complexity index is 1590. The van der Waals surface area contributed by atoms with E-state index < -0.39 is 29.9 Å². The molecule has 4 aromatic rings. The number of aliphatic carboxylic acids is 1. The largest absolute Gasteiger partial charge is 0.481 e. The lowest BCUT2D eigenvalue weighted by Crippen LogP contribution is -2.40. The highest BCUT2D eigenvalue weighted by molar-refractivity contribution is 5.85. The van der Waals surface area contributed by atoms with E-state index in [2.05, 4.69) is 28.1 Å². The van der Waals surface area contributed by atoms with Crippen LogP contribution < -0.4 is 16.0 Å². The van der Waals surface area contributed by atoms with Gasteiger partial charge in [0.1, 0.15) is 6.61 Å². The first-order valence-electron chi connectivity index (χ1n) is 14.4. The monoisotopic (exact) mass is 591 g/mol. The van der Waals surface area contributed by atoms with E-state index in [-0.39, 0.29) is 38.5 Å². The van der Waals surface area contributed by atoms with Gasteiger partial charge in [-0.2, -0.15) is 0 Å². The SMILES string of the molecule is O=C(O)CC(NC(=O)CNC(=O)CCNC(=O)OCC1c2ccccc2-c2ccccc21)c1ccc(-c2ccccc2)cc1. The van der Waals surface area contributed by atoms with E-state index in [1.165, 1.54) is 0 Å². The number of carbonyl (C=O) groups is 4. The Morgan fingerprint density at radius 3 is 1.93 bits per heavy atom. The minimum Gasteiger partial charge on any atom is -0.481 e. The van der Waals surface area contributed by atoms with Gasteiger partial charge in [-0.3, -0.25) is 14.4 Å². The van der Waals surface area contributed by atoms with Crippen molar-refractivity contribution >= 4 is 23.9 Å². The molecule has 1 aliphatic rings. The quantitative estimate of drug-likeness (QED) is 0.183. The summed E-state index contributed by atoms with van der Waals surface area (Å²) in [5.74, 6) is -2.10. The van der Waals surface area contributed by atoms with Gasteiger partial charge in [-0.1, -0.05) is 103 Å². The van der Waals surface area contributed by atoms with Crippen LogP contribution in [-0.2, 0) is 19.1 Å². The minimum absolute atomic E-state index is 0.0273. The molecule has 0 aromatic heterocycles. The summed E-state index contributed by atoms with van der Waals surface area (Å²) in [6.45, 7) is -0.139. The van der Waals surface area contributed by atoms with Gasteiger partial charge in [-0.15, -0.1) is 0 Å². The number of ether oxygens (including phenoxy) is 1. The average molecular weight is 592 g/mol. The summed E-state index contributed by atoms with van der Waals surface area (Å²) in [5.41, 5.74) is 7.10. The summed E-state index contributed by atoms with van der Waals surface area (Å²) in [6, 6.07) is 32.4. The topological polar surface area (TPSA) is 134 Å². The Balaban J connectivity index is 1.04. The van der Waals surface area contributed by atoms with Crippen LogP contribution in [0.4, 0.5) is 4.79 Å². The van der Waals surface area contributed by atoms with Crippen LogP contribution in [0.15, 0.2) is 103 Å². The zero-order valence-corrected chi connectivity index (χ0v) is 24.0.